The van der Waals surface area contributed by atoms with Crippen LogP contribution < -0.4 is 10.2 Å². The second-order valence-corrected chi connectivity index (χ2v) is 8.83. The summed E-state index contributed by atoms with van der Waals surface area (Å²) in [6.45, 7) is 7.29. The molecule has 0 spiro atoms. The molecule has 4 rings (SSSR count). The van der Waals surface area contributed by atoms with E-state index < -0.39 is 0 Å². The van der Waals surface area contributed by atoms with Crippen LogP contribution in [0.4, 0.5) is 11.5 Å². The number of hydrogen-bond donors (Lipinski definition) is 1. The van der Waals surface area contributed by atoms with Gasteiger partial charge in [0.25, 0.3) is 0 Å². The molecule has 0 atom stereocenters. The molecule has 0 unspecified atom stereocenters. The summed E-state index contributed by atoms with van der Waals surface area (Å²) in [5, 5.41) is 3.06. The quantitative estimate of drug-likeness (QED) is 0.787. The number of anilines is 2. The molecule has 1 aromatic carbocycles. The number of aromatic nitrogens is 1. The zero-order valence-corrected chi connectivity index (χ0v) is 18.1. The number of carbonyl (C=O) groups excluding carboxylic acids is 1. The minimum absolute atomic E-state index is 0.158. The number of pyridine rings is 1. The maximum atomic E-state index is 12.4. The molecule has 1 amide bonds. The highest BCUT2D eigenvalue weighted by molar-refractivity contribution is 5.92. The largest absolute Gasteiger partial charge is 0.355 e. The first-order valence-corrected chi connectivity index (χ1v) is 11.5. The van der Waals surface area contributed by atoms with Gasteiger partial charge in [-0.3, -0.25) is 9.69 Å². The summed E-state index contributed by atoms with van der Waals surface area (Å²) in [7, 11) is 0. The molecule has 1 aromatic heterocycles. The van der Waals surface area contributed by atoms with E-state index >= 15 is 0 Å². The fraction of sp³-hybridized carbons (Fsp3) is 0.520. The number of benzene rings is 1. The van der Waals surface area contributed by atoms with Gasteiger partial charge in [-0.1, -0.05) is 49.1 Å². The van der Waals surface area contributed by atoms with E-state index in [2.05, 4.69) is 51.3 Å². The predicted molar refractivity (Wildman–Crippen MR) is 123 cm³/mol. The van der Waals surface area contributed by atoms with E-state index in [1.807, 2.05) is 18.3 Å². The molecule has 5 heteroatoms. The molecule has 2 aliphatic rings. The van der Waals surface area contributed by atoms with Gasteiger partial charge in [0.2, 0.25) is 5.91 Å². The van der Waals surface area contributed by atoms with Crippen molar-refractivity contribution in [1.82, 2.24) is 9.88 Å². The van der Waals surface area contributed by atoms with Crippen LogP contribution in [0.15, 0.2) is 42.6 Å². The molecule has 1 saturated heterocycles. The third-order valence-electron chi connectivity index (χ3n) is 6.43. The molecule has 1 N–H and O–H groups in total. The third-order valence-corrected chi connectivity index (χ3v) is 6.43. The highest BCUT2D eigenvalue weighted by Crippen LogP contribution is 2.25. The number of carbonyl (C=O) groups is 1. The Balaban J connectivity index is 1.29. The first-order chi connectivity index (χ1) is 14.7. The van der Waals surface area contributed by atoms with Crippen LogP contribution in [0.1, 0.15) is 49.7 Å². The lowest BCUT2D eigenvalue weighted by molar-refractivity contribution is -0.120. The molecule has 2 aromatic rings. The molecule has 30 heavy (non-hydrogen) atoms. The third kappa shape index (κ3) is 5.60. The van der Waals surface area contributed by atoms with Gasteiger partial charge in [0.1, 0.15) is 5.82 Å². The molecular formula is C25H34N4O. The lowest BCUT2D eigenvalue weighted by atomic mass is 9.88. The molecule has 0 radical (unpaired) electrons. The summed E-state index contributed by atoms with van der Waals surface area (Å²) >= 11 is 0. The number of amides is 1. The zero-order valence-electron chi connectivity index (χ0n) is 18.1. The number of aryl methyl sites for hydroxylation is 1. The van der Waals surface area contributed by atoms with E-state index in [1.165, 1.54) is 30.4 Å². The lowest BCUT2D eigenvalue weighted by Gasteiger charge is -2.23. The van der Waals surface area contributed by atoms with Crippen molar-refractivity contribution in [1.29, 1.82) is 0 Å². The Kier molecular flexibility index (Phi) is 7.00. The molecule has 2 heterocycles. The normalized spacial score (nSPS) is 18.8. The van der Waals surface area contributed by atoms with Crippen molar-refractivity contribution in [3.05, 3.63) is 53.7 Å². The first-order valence-electron chi connectivity index (χ1n) is 11.5. The SMILES string of the molecule is Cc1ccc(CN2CCCN(c3ccc(NC(=O)C4CCCCC4)cn3)CC2)cc1. The second kappa shape index (κ2) is 10.1. The van der Waals surface area contributed by atoms with Gasteiger partial charge in [-0.15, -0.1) is 0 Å². The summed E-state index contributed by atoms with van der Waals surface area (Å²) in [4.78, 5) is 22.0. The van der Waals surface area contributed by atoms with Gasteiger partial charge >= 0.3 is 0 Å². The number of nitrogens with zero attached hydrogens (tertiary/aromatic N) is 3. The molecule has 1 aliphatic carbocycles. The number of hydrogen-bond acceptors (Lipinski definition) is 4. The summed E-state index contributed by atoms with van der Waals surface area (Å²) in [5.74, 6) is 1.33. The fourth-order valence-corrected chi connectivity index (χ4v) is 4.57. The van der Waals surface area contributed by atoms with Gasteiger partial charge in [-0.2, -0.15) is 0 Å². The predicted octanol–water partition coefficient (Wildman–Crippen LogP) is 4.62. The monoisotopic (exact) mass is 406 g/mol. The van der Waals surface area contributed by atoms with Crippen LogP contribution >= 0.6 is 0 Å². The second-order valence-electron chi connectivity index (χ2n) is 8.83. The van der Waals surface area contributed by atoms with Gasteiger partial charge in [0.15, 0.2) is 0 Å². The summed E-state index contributed by atoms with van der Waals surface area (Å²) in [6.07, 6.45) is 8.59. The summed E-state index contributed by atoms with van der Waals surface area (Å²) in [5.41, 5.74) is 3.50. The summed E-state index contributed by atoms with van der Waals surface area (Å²) in [6, 6.07) is 12.9. The van der Waals surface area contributed by atoms with E-state index in [0.29, 0.717) is 0 Å². The van der Waals surface area contributed by atoms with Crippen molar-refractivity contribution >= 4 is 17.4 Å². The van der Waals surface area contributed by atoms with Crippen LogP contribution in [0.2, 0.25) is 0 Å². The Bertz CT molecular complexity index is 812. The highest BCUT2D eigenvalue weighted by atomic mass is 16.1. The number of nitrogens with one attached hydrogen (secondary N) is 1. The highest BCUT2D eigenvalue weighted by Gasteiger charge is 2.21. The van der Waals surface area contributed by atoms with Crippen LogP contribution in [-0.4, -0.2) is 42.0 Å². The van der Waals surface area contributed by atoms with Gasteiger partial charge in [-0.05, 0) is 43.9 Å². The van der Waals surface area contributed by atoms with E-state index in [4.69, 9.17) is 0 Å². The van der Waals surface area contributed by atoms with Gasteiger partial charge in [0, 0.05) is 38.6 Å². The minimum Gasteiger partial charge on any atom is -0.355 e. The van der Waals surface area contributed by atoms with Crippen molar-refractivity contribution in [2.24, 2.45) is 5.92 Å². The molecule has 0 bridgehead atoms. The van der Waals surface area contributed by atoms with E-state index in [9.17, 15) is 4.79 Å². The lowest BCUT2D eigenvalue weighted by Crippen LogP contribution is -2.31. The smallest absolute Gasteiger partial charge is 0.227 e. The van der Waals surface area contributed by atoms with Gasteiger partial charge in [0.05, 0.1) is 11.9 Å². The molecule has 160 valence electrons. The van der Waals surface area contributed by atoms with Crippen molar-refractivity contribution in [2.75, 3.05) is 36.4 Å². The van der Waals surface area contributed by atoms with Crippen molar-refractivity contribution < 1.29 is 4.79 Å². The standard InChI is InChI=1S/C25H34N4O/c1-20-8-10-21(11-9-20)19-28-14-5-15-29(17-16-28)24-13-12-23(18-26-24)27-25(30)22-6-3-2-4-7-22/h8-13,18,22H,2-7,14-17,19H2,1H3,(H,27,30). The van der Waals surface area contributed by atoms with Crippen LogP contribution in [-0.2, 0) is 11.3 Å². The van der Waals surface area contributed by atoms with Crippen LogP contribution in [0.3, 0.4) is 0 Å². The topological polar surface area (TPSA) is 48.5 Å². The average molecular weight is 407 g/mol. The Labute approximate surface area is 180 Å². The van der Waals surface area contributed by atoms with Gasteiger partial charge < -0.3 is 10.2 Å². The van der Waals surface area contributed by atoms with E-state index in [0.717, 1.165) is 63.5 Å². The van der Waals surface area contributed by atoms with Crippen LogP contribution in [0.25, 0.3) is 0 Å². The van der Waals surface area contributed by atoms with Crippen LogP contribution in [0, 0.1) is 12.8 Å². The Morgan fingerprint density at radius 2 is 1.77 bits per heavy atom. The molecule has 1 aliphatic heterocycles. The first kappa shape index (κ1) is 20.9. The zero-order chi connectivity index (χ0) is 20.8. The maximum Gasteiger partial charge on any atom is 0.227 e. The Hall–Kier alpha value is -2.40. The Morgan fingerprint density at radius 3 is 2.50 bits per heavy atom. The minimum atomic E-state index is 0.158. The van der Waals surface area contributed by atoms with Crippen molar-refractivity contribution in [3.63, 3.8) is 0 Å². The summed E-state index contributed by atoms with van der Waals surface area (Å²) < 4.78 is 0. The molecule has 2 fully saturated rings. The average Bonchev–Trinajstić information content (AvgIpc) is 3.02. The van der Waals surface area contributed by atoms with Crippen molar-refractivity contribution in [3.8, 4) is 0 Å². The molecule has 1 saturated carbocycles. The Morgan fingerprint density at radius 1 is 0.967 bits per heavy atom. The maximum absolute atomic E-state index is 12.4. The van der Waals surface area contributed by atoms with Crippen molar-refractivity contribution in [2.45, 2.75) is 52.0 Å². The fourth-order valence-electron chi connectivity index (χ4n) is 4.57. The van der Waals surface area contributed by atoms with Gasteiger partial charge in [-0.25, -0.2) is 4.98 Å². The number of rotatable bonds is 5. The molecule has 5 nitrogen and oxygen atoms in total. The van der Waals surface area contributed by atoms with E-state index in [-0.39, 0.29) is 11.8 Å². The molecular weight excluding hydrogens is 372 g/mol. The van der Waals surface area contributed by atoms with E-state index in [1.54, 1.807) is 0 Å². The van der Waals surface area contributed by atoms with Crippen LogP contribution in [0.5, 0.6) is 0 Å².